The van der Waals surface area contributed by atoms with Gasteiger partial charge in [-0.15, -0.1) is 0 Å². The molecular weight excluding hydrogens is 430 g/mol. The van der Waals surface area contributed by atoms with Crippen molar-refractivity contribution in [3.05, 3.63) is 59.7 Å². The Morgan fingerprint density at radius 2 is 1.81 bits per heavy atom. The molecule has 0 spiro atoms. The van der Waals surface area contributed by atoms with Gasteiger partial charge in [-0.3, -0.25) is 4.79 Å². The molecule has 10 heteroatoms. The number of sulfonamides is 1. The van der Waals surface area contributed by atoms with Crippen LogP contribution in [-0.4, -0.2) is 51.5 Å². The van der Waals surface area contributed by atoms with Crippen LogP contribution in [0.4, 0.5) is 8.78 Å². The van der Waals surface area contributed by atoms with Gasteiger partial charge < -0.3 is 14.8 Å². The molecule has 31 heavy (non-hydrogen) atoms. The summed E-state index contributed by atoms with van der Waals surface area (Å²) < 4.78 is 63.3. The van der Waals surface area contributed by atoms with Gasteiger partial charge in [-0.05, 0) is 36.2 Å². The lowest BCUT2D eigenvalue weighted by atomic mass is 10.2. The Bertz CT molecular complexity index is 993. The molecular formula is C21H24F2N2O5S. The second-order valence-electron chi connectivity index (χ2n) is 6.96. The zero-order chi connectivity index (χ0) is 22.3. The monoisotopic (exact) mass is 454 g/mol. The predicted molar refractivity (Wildman–Crippen MR) is 109 cm³/mol. The van der Waals surface area contributed by atoms with Crippen LogP contribution in [0.3, 0.4) is 0 Å². The third-order valence-corrected chi connectivity index (χ3v) is 6.63. The van der Waals surface area contributed by atoms with Crippen LogP contribution in [-0.2, 0) is 26.1 Å². The molecule has 0 bridgehead atoms. The smallest absolute Gasteiger partial charge is 0.243 e. The maximum atomic E-state index is 13.5. The zero-order valence-corrected chi connectivity index (χ0v) is 17.7. The maximum Gasteiger partial charge on any atom is 0.243 e. The van der Waals surface area contributed by atoms with Gasteiger partial charge in [-0.2, -0.15) is 4.31 Å². The van der Waals surface area contributed by atoms with E-state index in [0.717, 1.165) is 17.7 Å². The van der Waals surface area contributed by atoms with Crippen LogP contribution in [0.2, 0.25) is 0 Å². The molecule has 0 aromatic heterocycles. The van der Waals surface area contributed by atoms with Crippen molar-refractivity contribution >= 4 is 15.9 Å². The highest BCUT2D eigenvalue weighted by atomic mass is 32.2. The van der Waals surface area contributed by atoms with E-state index in [-0.39, 0.29) is 36.1 Å². The van der Waals surface area contributed by atoms with Crippen LogP contribution >= 0.6 is 0 Å². The van der Waals surface area contributed by atoms with E-state index in [2.05, 4.69) is 5.32 Å². The first kappa shape index (κ1) is 23.1. The number of benzene rings is 2. The summed E-state index contributed by atoms with van der Waals surface area (Å²) in [6.07, 6.45) is 0.533. The fraction of sp³-hybridized carbons (Fsp3) is 0.381. The molecule has 0 saturated carbocycles. The Balaban J connectivity index is 1.41. The van der Waals surface area contributed by atoms with Crippen molar-refractivity contribution in [3.8, 4) is 5.75 Å². The Morgan fingerprint density at radius 3 is 2.48 bits per heavy atom. The molecule has 0 radical (unpaired) electrons. The molecule has 168 valence electrons. The number of carbonyl (C=O) groups excluding carboxylic acids is 1. The first-order valence-corrected chi connectivity index (χ1v) is 11.3. The van der Waals surface area contributed by atoms with E-state index in [1.165, 1.54) is 22.5 Å². The van der Waals surface area contributed by atoms with E-state index >= 15 is 0 Å². The van der Waals surface area contributed by atoms with Gasteiger partial charge in [0.15, 0.2) is 11.6 Å². The number of ether oxygens (including phenoxy) is 2. The Hall–Kier alpha value is -2.56. The summed E-state index contributed by atoms with van der Waals surface area (Å²) >= 11 is 0. The number of rotatable bonds is 9. The average Bonchev–Trinajstić information content (AvgIpc) is 2.77. The number of nitrogens with zero attached hydrogens (tertiary/aromatic N) is 1. The number of amides is 1. The standard InChI is InChI=1S/C21H24F2N2O5S/c22-17-5-8-20(19(23)14-17)30-11-1-2-21(26)24-15-16-3-6-18(7-4-16)31(27,28)25-9-12-29-13-10-25/h3-8,14H,1-2,9-13,15H2,(H,24,26). The number of halogens is 2. The normalized spacial score (nSPS) is 14.9. The predicted octanol–water partition coefficient (Wildman–Crippen LogP) is 2.46. The second-order valence-corrected chi connectivity index (χ2v) is 8.90. The lowest BCUT2D eigenvalue weighted by Crippen LogP contribution is -2.40. The fourth-order valence-corrected chi connectivity index (χ4v) is 4.42. The maximum absolute atomic E-state index is 13.5. The van der Waals surface area contributed by atoms with Crippen molar-refractivity contribution in [1.29, 1.82) is 0 Å². The summed E-state index contributed by atoms with van der Waals surface area (Å²) in [5.74, 6) is -1.75. The van der Waals surface area contributed by atoms with Crippen molar-refractivity contribution in [2.75, 3.05) is 32.9 Å². The summed E-state index contributed by atoms with van der Waals surface area (Å²) in [4.78, 5) is 12.2. The quantitative estimate of drug-likeness (QED) is 0.589. The van der Waals surface area contributed by atoms with Gasteiger partial charge in [-0.25, -0.2) is 17.2 Å². The molecule has 1 N–H and O–H groups in total. The molecule has 2 aromatic rings. The summed E-state index contributed by atoms with van der Waals surface area (Å²) in [5, 5.41) is 2.74. The topological polar surface area (TPSA) is 84.9 Å². The van der Waals surface area contributed by atoms with Gasteiger partial charge in [0.05, 0.1) is 24.7 Å². The van der Waals surface area contributed by atoms with Crippen molar-refractivity contribution in [3.63, 3.8) is 0 Å². The SMILES string of the molecule is O=C(CCCOc1ccc(F)cc1F)NCc1ccc(S(=O)(=O)N2CCOCC2)cc1. The Kier molecular flexibility index (Phi) is 7.94. The molecule has 0 aliphatic carbocycles. The van der Waals surface area contributed by atoms with Crippen LogP contribution in [0.5, 0.6) is 5.75 Å². The molecule has 0 unspecified atom stereocenters. The van der Waals surface area contributed by atoms with Crippen molar-refractivity contribution in [1.82, 2.24) is 9.62 Å². The summed E-state index contributed by atoms with van der Waals surface area (Å²) in [6.45, 7) is 1.80. The molecule has 1 heterocycles. The lowest BCUT2D eigenvalue weighted by molar-refractivity contribution is -0.121. The highest BCUT2D eigenvalue weighted by Gasteiger charge is 2.26. The fourth-order valence-electron chi connectivity index (χ4n) is 3.01. The summed E-state index contributed by atoms with van der Waals surface area (Å²) in [6, 6.07) is 9.41. The van der Waals surface area contributed by atoms with Crippen LogP contribution in [0, 0.1) is 11.6 Å². The number of hydrogen-bond donors (Lipinski definition) is 1. The third kappa shape index (κ3) is 6.46. The van der Waals surface area contributed by atoms with E-state index in [1.54, 1.807) is 12.1 Å². The molecule has 2 aromatic carbocycles. The minimum Gasteiger partial charge on any atom is -0.491 e. The van der Waals surface area contributed by atoms with Crippen LogP contribution in [0.15, 0.2) is 47.4 Å². The van der Waals surface area contributed by atoms with E-state index in [1.807, 2.05) is 0 Å². The highest BCUT2D eigenvalue weighted by Crippen LogP contribution is 2.19. The van der Waals surface area contributed by atoms with Gasteiger partial charge in [0.1, 0.15) is 5.82 Å². The van der Waals surface area contributed by atoms with Crippen molar-refractivity contribution < 1.29 is 31.5 Å². The Labute approximate surface area is 180 Å². The molecule has 1 aliphatic rings. The molecule has 1 saturated heterocycles. The summed E-state index contributed by atoms with van der Waals surface area (Å²) in [7, 11) is -3.55. The van der Waals surface area contributed by atoms with Gasteiger partial charge >= 0.3 is 0 Å². The van der Waals surface area contributed by atoms with E-state index in [9.17, 15) is 22.0 Å². The minimum absolute atomic E-state index is 0.0612. The van der Waals surface area contributed by atoms with Crippen LogP contribution in [0.25, 0.3) is 0 Å². The molecule has 1 aliphatic heterocycles. The number of nitrogens with one attached hydrogen (secondary N) is 1. The summed E-state index contributed by atoms with van der Waals surface area (Å²) in [5.41, 5.74) is 0.763. The zero-order valence-electron chi connectivity index (χ0n) is 16.9. The van der Waals surface area contributed by atoms with Gasteiger partial charge in [0.25, 0.3) is 0 Å². The number of carbonyl (C=O) groups is 1. The molecule has 7 nitrogen and oxygen atoms in total. The second kappa shape index (κ2) is 10.7. The number of hydrogen-bond acceptors (Lipinski definition) is 5. The first-order valence-electron chi connectivity index (χ1n) is 9.87. The minimum atomic E-state index is -3.55. The van der Waals surface area contributed by atoms with Gasteiger partial charge in [0, 0.05) is 32.1 Å². The highest BCUT2D eigenvalue weighted by molar-refractivity contribution is 7.89. The molecule has 1 fully saturated rings. The third-order valence-electron chi connectivity index (χ3n) is 4.72. The van der Waals surface area contributed by atoms with E-state index < -0.39 is 21.7 Å². The molecule has 0 atom stereocenters. The van der Waals surface area contributed by atoms with Gasteiger partial charge in [-0.1, -0.05) is 12.1 Å². The van der Waals surface area contributed by atoms with Crippen LogP contribution in [0.1, 0.15) is 18.4 Å². The molecule has 1 amide bonds. The first-order chi connectivity index (χ1) is 14.9. The lowest BCUT2D eigenvalue weighted by Gasteiger charge is -2.26. The van der Waals surface area contributed by atoms with E-state index in [4.69, 9.17) is 9.47 Å². The van der Waals surface area contributed by atoms with Crippen LogP contribution < -0.4 is 10.1 Å². The Morgan fingerprint density at radius 1 is 1.10 bits per heavy atom. The average molecular weight is 454 g/mol. The van der Waals surface area contributed by atoms with Crippen molar-refractivity contribution in [2.45, 2.75) is 24.3 Å². The van der Waals surface area contributed by atoms with E-state index in [0.29, 0.717) is 32.7 Å². The molecule has 3 rings (SSSR count). The number of morpholine rings is 1. The van der Waals surface area contributed by atoms with Gasteiger partial charge in [0.2, 0.25) is 15.9 Å². The van der Waals surface area contributed by atoms with Crippen molar-refractivity contribution in [2.24, 2.45) is 0 Å². The largest absolute Gasteiger partial charge is 0.491 e.